The van der Waals surface area contributed by atoms with Crippen LogP contribution in [0.25, 0.3) is 0 Å². The van der Waals surface area contributed by atoms with E-state index in [1.165, 1.54) is 6.08 Å². The van der Waals surface area contributed by atoms with Crippen molar-refractivity contribution < 1.29 is 39.6 Å². The van der Waals surface area contributed by atoms with Gasteiger partial charge < -0.3 is 25.4 Å². The fourth-order valence-corrected chi connectivity index (χ4v) is 8.23. The maximum atomic E-state index is 12.9. The number of hydrogen-bond acceptors (Lipinski definition) is 7. The molecule has 5 heterocycles. The summed E-state index contributed by atoms with van der Waals surface area (Å²) < 4.78 is 0. The lowest BCUT2D eigenvalue weighted by Gasteiger charge is -2.37. The van der Waals surface area contributed by atoms with Crippen molar-refractivity contribution in [1.29, 1.82) is 0 Å². The molecule has 0 spiro atoms. The number of aliphatic carboxylic acids is 4. The Hall–Kier alpha value is -5.39. The molecule has 1 aromatic heterocycles. The predicted octanol–water partition coefficient (Wildman–Crippen LogP) is 5.36. The first-order valence-electron chi connectivity index (χ1n) is 16.6. The second kappa shape index (κ2) is 12.8. The van der Waals surface area contributed by atoms with Crippen LogP contribution in [0.2, 0.25) is 0 Å². The molecule has 0 amide bonds. The molecule has 12 nitrogen and oxygen atoms in total. The number of carbonyl (C=O) groups is 4. The van der Waals surface area contributed by atoms with E-state index in [0.717, 1.165) is 44.9 Å². The van der Waals surface area contributed by atoms with E-state index in [0.29, 0.717) is 47.7 Å². The van der Waals surface area contributed by atoms with Crippen molar-refractivity contribution in [2.75, 3.05) is 0 Å². The number of allylic oxidation sites excluding steroid dienone is 7. The lowest BCUT2D eigenvalue weighted by molar-refractivity contribution is -0.145. The Morgan fingerprint density at radius 3 is 2.32 bits per heavy atom. The standard InChI is InChI=1S/C38H40N4O8/c1-6-20-17(2)26-14-31-24-10-7-23(36(47)48)35(37(49)50)38(24,5)32(42-31)16-27-19(4)22(9-12-34(45)46)30(41-27)15-29-21(8-11-33(43)44)18(3)25(40-29)13-28(20)39-26/h6-7,10,14,20,30,35,40H,1,8-9,11-13,15-16H2,2-5H3,(H,43,44)(H,45,46)(H,47,48)(H,49,50)/t20?,30?,35-,38+/m1/s1. The molecule has 1 aromatic rings. The fourth-order valence-electron chi connectivity index (χ4n) is 8.23. The lowest BCUT2D eigenvalue weighted by Crippen LogP contribution is -2.44. The molecule has 50 heavy (non-hydrogen) atoms. The minimum absolute atomic E-state index is 0.0640. The summed E-state index contributed by atoms with van der Waals surface area (Å²) in [5, 5.41) is 39.7. The van der Waals surface area contributed by atoms with Crippen molar-refractivity contribution in [2.45, 2.75) is 78.7 Å². The van der Waals surface area contributed by atoms with Crippen LogP contribution in [0.5, 0.6) is 0 Å². The van der Waals surface area contributed by atoms with Gasteiger partial charge in [-0.25, -0.2) is 4.79 Å². The Balaban J connectivity index is 1.58. The fraction of sp³-hybridized carbons (Fsp3) is 0.395. The molecule has 5 aliphatic rings. The Labute approximate surface area is 288 Å². The van der Waals surface area contributed by atoms with Crippen LogP contribution in [0, 0.1) is 24.2 Å². The maximum Gasteiger partial charge on any atom is 0.332 e. The summed E-state index contributed by atoms with van der Waals surface area (Å²) >= 11 is 0. The van der Waals surface area contributed by atoms with E-state index in [1.54, 1.807) is 13.0 Å². The third-order valence-corrected chi connectivity index (χ3v) is 11.0. The lowest BCUT2D eigenvalue weighted by atomic mass is 9.62. The van der Waals surface area contributed by atoms with Crippen molar-refractivity contribution in [3.63, 3.8) is 0 Å². The zero-order valence-corrected chi connectivity index (χ0v) is 28.5. The van der Waals surface area contributed by atoms with E-state index >= 15 is 0 Å². The third-order valence-electron chi connectivity index (χ3n) is 11.0. The number of carboxylic acids is 4. The summed E-state index contributed by atoms with van der Waals surface area (Å²) in [5.41, 5.74) is 8.14. The quantitative estimate of drug-likeness (QED) is 0.214. The molecule has 2 unspecified atom stereocenters. The van der Waals surface area contributed by atoms with E-state index < -0.39 is 41.3 Å². The smallest absolute Gasteiger partial charge is 0.332 e. The van der Waals surface area contributed by atoms with E-state index in [-0.39, 0.29) is 37.2 Å². The molecule has 5 N–H and O–H groups in total. The Morgan fingerprint density at radius 1 is 0.980 bits per heavy atom. The average molecular weight is 681 g/mol. The van der Waals surface area contributed by atoms with Gasteiger partial charge in [-0.1, -0.05) is 18.2 Å². The van der Waals surface area contributed by atoms with Crippen molar-refractivity contribution in [2.24, 2.45) is 32.2 Å². The molecule has 1 aliphatic carbocycles. The van der Waals surface area contributed by atoms with Crippen LogP contribution >= 0.6 is 0 Å². The number of nitrogens with zero attached hydrogens (tertiary/aromatic N) is 3. The summed E-state index contributed by atoms with van der Waals surface area (Å²) in [6, 6.07) is -0.456. The highest BCUT2D eigenvalue weighted by molar-refractivity contribution is 6.19. The largest absolute Gasteiger partial charge is 0.481 e. The van der Waals surface area contributed by atoms with Gasteiger partial charge in [-0.2, -0.15) is 0 Å². The minimum Gasteiger partial charge on any atom is -0.481 e. The molecule has 6 rings (SSSR count). The van der Waals surface area contributed by atoms with Crippen LogP contribution in [0.3, 0.4) is 0 Å². The van der Waals surface area contributed by atoms with Crippen molar-refractivity contribution in [1.82, 2.24) is 4.98 Å². The van der Waals surface area contributed by atoms with Crippen LogP contribution in [-0.2, 0) is 38.4 Å². The number of rotatable bonds is 9. The van der Waals surface area contributed by atoms with Crippen molar-refractivity contribution >= 4 is 41.0 Å². The van der Waals surface area contributed by atoms with Gasteiger partial charge in [0.15, 0.2) is 0 Å². The highest BCUT2D eigenvalue weighted by Gasteiger charge is 2.55. The first-order chi connectivity index (χ1) is 23.6. The van der Waals surface area contributed by atoms with Gasteiger partial charge in [0.05, 0.1) is 28.4 Å². The van der Waals surface area contributed by atoms with Gasteiger partial charge >= 0.3 is 23.9 Å². The van der Waals surface area contributed by atoms with Crippen LogP contribution in [0.15, 0.2) is 85.1 Å². The van der Waals surface area contributed by atoms with Crippen LogP contribution < -0.4 is 0 Å². The molecule has 260 valence electrons. The number of aliphatic imine (C=N–C) groups is 3. The highest BCUT2D eigenvalue weighted by Crippen LogP contribution is 2.53. The SMILES string of the molecule is C=CC1C2=NC(=C1C)C=C1N=C(CC3=NC(Cc4[nH]c(c(C)c4CCC(=O)O)C2)C(CCC(=O)O)=C3C)[C@]2(C)C1=CC=C(C(=O)O)[C@@H]2C(=O)O. The molecule has 4 atom stereocenters. The number of fused-ring (bicyclic) bond motifs is 8. The van der Waals surface area contributed by atoms with Gasteiger partial charge in [0.2, 0.25) is 0 Å². The molecule has 0 saturated carbocycles. The Kier molecular flexibility index (Phi) is 8.83. The van der Waals surface area contributed by atoms with Gasteiger partial charge in [-0.3, -0.25) is 29.4 Å². The molecule has 0 radical (unpaired) electrons. The first-order valence-corrected chi connectivity index (χ1v) is 16.6. The van der Waals surface area contributed by atoms with E-state index in [1.807, 2.05) is 32.9 Å². The number of H-pyrrole nitrogens is 1. The number of aromatic nitrogens is 1. The third kappa shape index (κ3) is 5.72. The summed E-state index contributed by atoms with van der Waals surface area (Å²) in [5.74, 6) is -6.11. The molecule has 8 bridgehead atoms. The molecule has 0 fully saturated rings. The molecule has 12 heteroatoms. The van der Waals surface area contributed by atoms with Crippen LogP contribution in [0.1, 0.15) is 69.0 Å². The molecule has 4 aliphatic heterocycles. The monoisotopic (exact) mass is 680 g/mol. The van der Waals surface area contributed by atoms with Crippen LogP contribution in [0.4, 0.5) is 0 Å². The van der Waals surface area contributed by atoms with Gasteiger partial charge in [-0.05, 0) is 80.0 Å². The zero-order chi connectivity index (χ0) is 36.2. The first kappa shape index (κ1) is 34.5. The summed E-state index contributed by atoms with van der Waals surface area (Å²) in [6.45, 7) is 11.6. The maximum absolute atomic E-state index is 12.9. The van der Waals surface area contributed by atoms with Crippen molar-refractivity contribution in [3.8, 4) is 0 Å². The van der Waals surface area contributed by atoms with Gasteiger partial charge in [0.25, 0.3) is 0 Å². The van der Waals surface area contributed by atoms with E-state index in [9.17, 15) is 39.6 Å². The molecular formula is C38H40N4O8. The minimum atomic E-state index is -1.43. The second-order valence-electron chi connectivity index (χ2n) is 13.7. The summed E-state index contributed by atoms with van der Waals surface area (Å²) in [6.07, 6.45) is 7.92. The summed E-state index contributed by atoms with van der Waals surface area (Å²) in [7, 11) is 0. The van der Waals surface area contributed by atoms with Gasteiger partial charge in [0, 0.05) is 66.5 Å². The molecule has 0 saturated heterocycles. The highest BCUT2D eigenvalue weighted by atomic mass is 16.4. The second-order valence-corrected chi connectivity index (χ2v) is 13.7. The number of nitrogens with one attached hydrogen (secondary N) is 1. The topological polar surface area (TPSA) is 202 Å². The number of aromatic amines is 1. The zero-order valence-electron chi connectivity index (χ0n) is 28.5. The molecule has 0 aromatic carbocycles. The van der Waals surface area contributed by atoms with E-state index in [2.05, 4.69) is 11.6 Å². The Morgan fingerprint density at radius 2 is 1.68 bits per heavy atom. The van der Waals surface area contributed by atoms with Gasteiger partial charge in [0.1, 0.15) is 5.92 Å². The van der Waals surface area contributed by atoms with E-state index in [4.69, 9.17) is 15.0 Å². The number of carboxylic acid groups (broad SMARTS) is 4. The molecular weight excluding hydrogens is 640 g/mol. The predicted molar refractivity (Wildman–Crippen MR) is 187 cm³/mol. The average Bonchev–Trinajstić information content (AvgIpc) is 3.69. The van der Waals surface area contributed by atoms with Crippen LogP contribution in [-0.4, -0.2) is 72.5 Å². The number of hydrogen-bond donors (Lipinski definition) is 5. The normalized spacial score (nSPS) is 25.6. The summed E-state index contributed by atoms with van der Waals surface area (Å²) in [4.78, 5) is 67.4. The Bertz CT molecular complexity index is 2030. The van der Waals surface area contributed by atoms with Gasteiger partial charge in [-0.15, -0.1) is 6.58 Å². The van der Waals surface area contributed by atoms with Crippen molar-refractivity contribution in [3.05, 3.63) is 92.7 Å².